The van der Waals surface area contributed by atoms with Gasteiger partial charge in [-0.1, -0.05) is 181 Å². The average Bonchev–Trinajstić information content (AvgIpc) is 3.81. The molecule has 2 aliphatic rings. The predicted octanol–water partition coefficient (Wildman–Crippen LogP) is 18.4. The SMILES string of the molecule is CCCCCCCCC1(CCCCCCCC)c2cc(Br)ccc2-c2ccc(-c3ccc4c(c3)C(C)(C)c3cc(-c5ccc6c(c5)oc5cc(Cl)ccc56)ccc3-4)cc21. The maximum Gasteiger partial charge on any atom is 0.136 e. The van der Waals surface area contributed by atoms with Crippen molar-refractivity contribution in [1.29, 1.82) is 0 Å². The Morgan fingerprint density at radius 1 is 0.458 bits per heavy atom. The molecule has 0 atom stereocenters. The van der Waals surface area contributed by atoms with Crippen LogP contribution < -0.4 is 0 Å². The Kier molecular flexibility index (Phi) is 11.4. The van der Waals surface area contributed by atoms with E-state index < -0.39 is 0 Å². The summed E-state index contributed by atoms with van der Waals surface area (Å²) in [4.78, 5) is 0. The number of halogens is 2. The highest BCUT2D eigenvalue weighted by Gasteiger charge is 2.43. The van der Waals surface area contributed by atoms with Crippen molar-refractivity contribution in [2.24, 2.45) is 0 Å². The van der Waals surface area contributed by atoms with Crippen molar-refractivity contribution < 1.29 is 4.42 Å². The molecule has 0 saturated heterocycles. The molecule has 1 aromatic heterocycles. The van der Waals surface area contributed by atoms with Gasteiger partial charge in [-0.15, -0.1) is 0 Å². The molecule has 0 spiro atoms. The molecule has 0 N–H and O–H groups in total. The molecule has 7 aromatic rings. The van der Waals surface area contributed by atoms with E-state index in [1.807, 2.05) is 12.1 Å². The van der Waals surface area contributed by atoms with E-state index in [1.54, 1.807) is 11.1 Å². The lowest BCUT2D eigenvalue weighted by Crippen LogP contribution is -2.25. The fourth-order valence-electron chi connectivity index (χ4n) is 10.8. The van der Waals surface area contributed by atoms with Crippen molar-refractivity contribution in [1.82, 2.24) is 0 Å². The van der Waals surface area contributed by atoms with Crippen LogP contribution in [-0.2, 0) is 10.8 Å². The highest BCUT2D eigenvalue weighted by atomic mass is 79.9. The van der Waals surface area contributed by atoms with Crippen molar-refractivity contribution in [3.05, 3.63) is 141 Å². The summed E-state index contributed by atoms with van der Waals surface area (Å²) in [6.45, 7) is 9.44. The monoisotopic (exact) mass is 860 g/mol. The lowest BCUT2D eigenvalue weighted by molar-refractivity contribution is 0.398. The largest absolute Gasteiger partial charge is 0.456 e. The summed E-state index contributed by atoms with van der Waals surface area (Å²) in [5, 5.41) is 2.90. The topological polar surface area (TPSA) is 13.1 Å². The molecular formula is C56H58BrClO. The number of unbranched alkanes of at least 4 members (excludes halogenated alkanes) is 10. The van der Waals surface area contributed by atoms with Gasteiger partial charge in [0.2, 0.25) is 0 Å². The van der Waals surface area contributed by atoms with Gasteiger partial charge >= 0.3 is 0 Å². The normalized spacial score (nSPS) is 14.5. The Hall–Kier alpha value is -4.11. The lowest BCUT2D eigenvalue weighted by atomic mass is 9.70. The third-order valence-electron chi connectivity index (χ3n) is 14.0. The van der Waals surface area contributed by atoms with Gasteiger partial charge in [-0.3, -0.25) is 0 Å². The Morgan fingerprint density at radius 2 is 0.881 bits per heavy atom. The highest BCUT2D eigenvalue weighted by molar-refractivity contribution is 9.10. The molecule has 6 aromatic carbocycles. The van der Waals surface area contributed by atoms with Crippen LogP contribution >= 0.6 is 27.5 Å². The van der Waals surface area contributed by atoms with Gasteiger partial charge in [0.15, 0.2) is 0 Å². The summed E-state index contributed by atoms with van der Waals surface area (Å²) < 4.78 is 7.48. The lowest BCUT2D eigenvalue weighted by Gasteiger charge is -2.33. The molecule has 0 amide bonds. The summed E-state index contributed by atoms with van der Waals surface area (Å²) >= 11 is 10.2. The number of furan rings is 1. The van der Waals surface area contributed by atoms with Crippen LogP contribution in [0.2, 0.25) is 5.02 Å². The number of benzene rings is 6. The molecule has 0 aliphatic heterocycles. The average molecular weight is 862 g/mol. The third-order valence-corrected chi connectivity index (χ3v) is 14.7. The molecule has 0 unspecified atom stereocenters. The minimum absolute atomic E-state index is 0.0427. The molecule has 59 heavy (non-hydrogen) atoms. The van der Waals surface area contributed by atoms with Gasteiger partial charge in [0.25, 0.3) is 0 Å². The Labute approximate surface area is 365 Å². The molecule has 3 heteroatoms. The summed E-state index contributed by atoms with van der Waals surface area (Å²) in [6, 6.07) is 41.4. The first-order chi connectivity index (χ1) is 28.7. The van der Waals surface area contributed by atoms with Crippen LogP contribution in [0.5, 0.6) is 0 Å². The fraction of sp³-hybridized carbons (Fsp3) is 0.357. The van der Waals surface area contributed by atoms with Crippen LogP contribution in [0.25, 0.3) is 66.4 Å². The molecule has 1 heterocycles. The number of hydrogen-bond donors (Lipinski definition) is 0. The van der Waals surface area contributed by atoms with E-state index in [1.165, 1.54) is 144 Å². The maximum absolute atomic E-state index is 6.30. The van der Waals surface area contributed by atoms with Gasteiger partial charge in [-0.05, 0) is 134 Å². The van der Waals surface area contributed by atoms with E-state index in [0.717, 1.165) is 27.5 Å². The number of hydrogen-bond acceptors (Lipinski definition) is 1. The Morgan fingerprint density at radius 3 is 1.46 bits per heavy atom. The van der Waals surface area contributed by atoms with Crippen molar-refractivity contribution in [2.75, 3.05) is 0 Å². The first-order valence-corrected chi connectivity index (χ1v) is 23.8. The smallest absolute Gasteiger partial charge is 0.136 e. The third kappa shape index (κ3) is 7.41. The molecule has 1 nitrogen and oxygen atoms in total. The molecule has 9 rings (SSSR count). The Balaban J connectivity index is 1.05. The van der Waals surface area contributed by atoms with E-state index in [9.17, 15) is 0 Å². The van der Waals surface area contributed by atoms with Crippen LogP contribution in [0.15, 0.2) is 118 Å². The second-order valence-electron chi connectivity index (χ2n) is 18.2. The first kappa shape index (κ1) is 40.3. The molecule has 0 fully saturated rings. The van der Waals surface area contributed by atoms with E-state index >= 15 is 0 Å². The summed E-state index contributed by atoms with van der Waals surface area (Å²) in [5.74, 6) is 0. The van der Waals surface area contributed by atoms with E-state index in [4.69, 9.17) is 16.0 Å². The van der Waals surface area contributed by atoms with Gasteiger partial charge in [0, 0.05) is 37.2 Å². The zero-order chi connectivity index (χ0) is 40.7. The van der Waals surface area contributed by atoms with Crippen LogP contribution in [-0.4, -0.2) is 0 Å². The number of rotatable bonds is 16. The van der Waals surface area contributed by atoms with Crippen LogP contribution in [0.1, 0.15) is 140 Å². The van der Waals surface area contributed by atoms with Crippen molar-refractivity contribution in [3.8, 4) is 44.5 Å². The molecule has 0 radical (unpaired) electrons. The minimum Gasteiger partial charge on any atom is -0.456 e. The molecular weight excluding hydrogens is 804 g/mol. The minimum atomic E-state index is -0.143. The summed E-state index contributed by atoms with van der Waals surface area (Å²) in [5.41, 5.74) is 18.1. The van der Waals surface area contributed by atoms with Crippen molar-refractivity contribution in [2.45, 2.75) is 128 Å². The fourth-order valence-corrected chi connectivity index (χ4v) is 11.3. The summed E-state index contributed by atoms with van der Waals surface area (Å²) in [6.07, 6.45) is 18.4. The standard InChI is InChI=1S/C56H58BrClO/c1-5-7-9-11-13-15-29-56(30-16-14-12-10-8-6-2)51-33-39(19-25-45(51)46-27-21-41(57)35-52(46)56)37-17-23-43-44-24-18-38(32-50(44)55(3,4)49(43)31-37)40-20-26-47-48-28-22-42(58)36-54(48)59-53(47)34-40/h17-28,31-36H,5-16,29-30H2,1-4H3. The maximum atomic E-state index is 6.30. The zero-order valence-corrected chi connectivity index (χ0v) is 37.8. The van der Waals surface area contributed by atoms with Crippen LogP contribution in [0, 0.1) is 0 Å². The van der Waals surface area contributed by atoms with Gasteiger partial charge < -0.3 is 4.42 Å². The second kappa shape index (κ2) is 16.7. The first-order valence-electron chi connectivity index (χ1n) is 22.6. The molecule has 0 saturated carbocycles. The quantitative estimate of drug-likeness (QED) is 0.0882. The molecule has 302 valence electrons. The predicted molar refractivity (Wildman–Crippen MR) is 257 cm³/mol. The summed E-state index contributed by atoms with van der Waals surface area (Å²) in [7, 11) is 0. The molecule has 2 aliphatic carbocycles. The highest BCUT2D eigenvalue weighted by Crippen LogP contribution is 2.56. The van der Waals surface area contributed by atoms with Crippen molar-refractivity contribution >= 4 is 49.5 Å². The van der Waals surface area contributed by atoms with Gasteiger partial charge in [-0.25, -0.2) is 0 Å². The van der Waals surface area contributed by atoms with Gasteiger partial charge in [-0.2, -0.15) is 0 Å². The number of fused-ring (bicyclic) bond motifs is 9. The van der Waals surface area contributed by atoms with Crippen LogP contribution in [0.3, 0.4) is 0 Å². The Bertz CT molecular complexity index is 2640. The van der Waals surface area contributed by atoms with E-state index in [0.29, 0.717) is 5.02 Å². The zero-order valence-electron chi connectivity index (χ0n) is 35.5. The van der Waals surface area contributed by atoms with Crippen LogP contribution in [0.4, 0.5) is 0 Å². The second-order valence-corrected chi connectivity index (χ2v) is 19.5. The van der Waals surface area contributed by atoms with Gasteiger partial charge in [0.1, 0.15) is 11.2 Å². The van der Waals surface area contributed by atoms with Gasteiger partial charge in [0.05, 0.1) is 0 Å². The molecule has 0 bridgehead atoms. The van der Waals surface area contributed by atoms with E-state index in [-0.39, 0.29) is 10.8 Å². The van der Waals surface area contributed by atoms with E-state index in [2.05, 4.69) is 141 Å². The van der Waals surface area contributed by atoms with Crippen molar-refractivity contribution in [3.63, 3.8) is 0 Å².